The first-order valence-electron chi connectivity index (χ1n) is 6.74. The average Bonchev–Trinajstić information content (AvgIpc) is 2.98. The van der Waals surface area contributed by atoms with E-state index in [-0.39, 0.29) is 6.42 Å². The third kappa shape index (κ3) is 2.29. The summed E-state index contributed by atoms with van der Waals surface area (Å²) in [6, 6.07) is 7.75. The van der Waals surface area contributed by atoms with E-state index in [1.54, 1.807) is 10.9 Å². The standard InChI is InChI=1S/C15H16N4O2/c1-10-11(9-16-18(10)2)15-17-12-5-3-4-6-13(12)19(15)8-7-14(20)21/h3-6,9H,7-8H2,1-2H3,(H,20,21). The van der Waals surface area contributed by atoms with Crippen LogP contribution < -0.4 is 0 Å². The first-order valence-corrected chi connectivity index (χ1v) is 6.74. The molecule has 1 aromatic carbocycles. The van der Waals surface area contributed by atoms with E-state index in [4.69, 9.17) is 5.11 Å². The number of carboxylic acids is 1. The van der Waals surface area contributed by atoms with Gasteiger partial charge in [-0.1, -0.05) is 12.1 Å². The second-order valence-corrected chi connectivity index (χ2v) is 4.99. The van der Waals surface area contributed by atoms with Crippen molar-refractivity contribution in [3.63, 3.8) is 0 Å². The zero-order valence-corrected chi connectivity index (χ0v) is 11.9. The largest absolute Gasteiger partial charge is 0.481 e. The Morgan fingerprint density at radius 2 is 2.10 bits per heavy atom. The monoisotopic (exact) mass is 284 g/mol. The van der Waals surface area contributed by atoms with Crippen LogP contribution in [0.2, 0.25) is 0 Å². The van der Waals surface area contributed by atoms with Gasteiger partial charge >= 0.3 is 5.97 Å². The number of carboxylic acid groups (broad SMARTS) is 1. The molecule has 108 valence electrons. The summed E-state index contributed by atoms with van der Waals surface area (Å²) < 4.78 is 3.74. The number of carbonyl (C=O) groups is 1. The van der Waals surface area contributed by atoms with Gasteiger partial charge in [0.25, 0.3) is 0 Å². The Hall–Kier alpha value is -2.63. The summed E-state index contributed by atoms with van der Waals surface area (Å²) in [7, 11) is 1.88. The van der Waals surface area contributed by atoms with Gasteiger partial charge in [-0.05, 0) is 19.1 Å². The van der Waals surface area contributed by atoms with Crippen LogP contribution in [-0.4, -0.2) is 30.4 Å². The number of para-hydroxylation sites is 2. The van der Waals surface area contributed by atoms with E-state index in [9.17, 15) is 4.79 Å². The van der Waals surface area contributed by atoms with E-state index >= 15 is 0 Å². The molecular weight excluding hydrogens is 268 g/mol. The number of benzene rings is 1. The molecule has 6 heteroatoms. The van der Waals surface area contributed by atoms with Crippen molar-refractivity contribution in [1.29, 1.82) is 0 Å². The molecule has 0 fully saturated rings. The number of imidazole rings is 1. The fourth-order valence-corrected chi connectivity index (χ4v) is 2.43. The molecule has 0 aliphatic carbocycles. The maximum Gasteiger partial charge on any atom is 0.305 e. The molecule has 0 unspecified atom stereocenters. The van der Waals surface area contributed by atoms with Gasteiger partial charge in [-0.25, -0.2) is 4.98 Å². The Morgan fingerprint density at radius 1 is 1.33 bits per heavy atom. The molecule has 0 saturated heterocycles. The van der Waals surface area contributed by atoms with Crippen molar-refractivity contribution in [2.24, 2.45) is 7.05 Å². The van der Waals surface area contributed by atoms with Crippen LogP contribution in [0.5, 0.6) is 0 Å². The Kier molecular flexibility index (Phi) is 3.21. The zero-order chi connectivity index (χ0) is 15.0. The molecule has 21 heavy (non-hydrogen) atoms. The minimum atomic E-state index is -0.818. The topological polar surface area (TPSA) is 72.9 Å². The van der Waals surface area contributed by atoms with Crippen LogP contribution in [0.15, 0.2) is 30.5 Å². The van der Waals surface area contributed by atoms with Crippen LogP contribution in [0.1, 0.15) is 12.1 Å². The molecule has 0 saturated carbocycles. The molecular formula is C15H16N4O2. The quantitative estimate of drug-likeness (QED) is 0.797. The number of hydrogen-bond donors (Lipinski definition) is 1. The van der Waals surface area contributed by atoms with Crippen molar-refractivity contribution in [1.82, 2.24) is 19.3 Å². The van der Waals surface area contributed by atoms with Crippen molar-refractivity contribution in [2.45, 2.75) is 19.9 Å². The predicted molar refractivity (Wildman–Crippen MR) is 78.9 cm³/mol. The zero-order valence-electron chi connectivity index (χ0n) is 11.9. The van der Waals surface area contributed by atoms with Gasteiger partial charge in [-0.3, -0.25) is 9.48 Å². The second-order valence-electron chi connectivity index (χ2n) is 4.99. The minimum Gasteiger partial charge on any atom is -0.481 e. The number of aryl methyl sites for hydroxylation is 2. The van der Waals surface area contributed by atoms with Crippen LogP contribution in [-0.2, 0) is 18.4 Å². The molecule has 1 N–H and O–H groups in total. The Morgan fingerprint density at radius 3 is 2.76 bits per heavy atom. The van der Waals surface area contributed by atoms with Gasteiger partial charge in [0.1, 0.15) is 5.82 Å². The summed E-state index contributed by atoms with van der Waals surface area (Å²) in [5.41, 5.74) is 3.74. The van der Waals surface area contributed by atoms with Gasteiger partial charge < -0.3 is 9.67 Å². The lowest BCUT2D eigenvalue weighted by Gasteiger charge is -2.07. The maximum absolute atomic E-state index is 10.9. The normalized spacial score (nSPS) is 11.1. The highest BCUT2D eigenvalue weighted by Crippen LogP contribution is 2.27. The van der Waals surface area contributed by atoms with Crippen LogP contribution in [0, 0.1) is 6.92 Å². The maximum atomic E-state index is 10.9. The van der Waals surface area contributed by atoms with Crippen LogP contribution >= 0.6 is 0 Å². The van der Waals surface area contributed by atoms with Crippen molar-refractivity contribution in [2.75, 3.05) is 0 Å². The molecule has 3 aromatic rings. The molecule has 3 rings (SSSR count). The van der Waals surface area contributed by atoms with Crippen LogP contribution in [0.4, 0.5) is 0 Å². The van der Waals surface area contributed by atoms with Crippen molar-refractivity contribution >= 4 is 17.0 Å². The summed E-state index contributed by atoms with van der Waals surface area (Å²) >= 11 is 0. The third-order valence-corrected chi connectivity index (χ3v) is 3.68. The molecule has 0 aliphatic heterocycles. The van der Waals surface area contributed by atoms with Gasteiger partial charge in [0, 0.05) is 19.3 Å². The van der Waals surface area contributed by atoms with Gasteiger partial charge in [-0.15, -0.1) is 0 Å². The van der Waals surface area contributed by atoms with Crippen LogP contribution in [0.25, 0.3) is 22.4 Å². The molecule has 2 heterocycles. The highest BCUT2D eigenvalue weighted by Gasteiger charge is 2.16. The predicted octanol–water partition coefficient (Wildman–Crippen LogP) is 2.22. The molecule has 0 atom stereocenters. The van der Waals surface area contributed by atoms with E-state index in [0.29, 0.717) is 6.54 Å². The number of nitrogens with zero attached hydrogens (tertiary/aromatic N) is 4. The van der Waals surface area contributed by atoms with E-state index < -0.39 is 5.97 Å². The highest BCUT2D eigenvalue weighted by molar-refractivity contribution is 5.81. The van der Waals surface area contributed by atoms with Gasteiger partial charge in [0.15, 0.2) is 0 Å². The third-order valence-electron chi connectivity index (χ3n) is 3.68. The lowest BCUT2D eigenvalue weighted by molar-refractivity contribution is -0.137. The van der Waals surface area contributed by atoms with E-state index in [1.807, 2.05) is 42.8 Å². The Balaban J connectivity index is 2.18. The Labute approximate surface area is 121 Å². The van der Waals surface area contributed by atoms with E-state index in [0.717, 1.165) is 28.1 Å². The number of rotatable bonds is 4. The van der Waals surface area contributed by atoms with Crippen LogP contribution in [0.3, 0.4) is 0 Å². The molecule has 0 amide bonds. The fourth-order valence-electron chi connectivity index (χ4n) is 2.43. The van der Waals surface area contributed by atoms with Crippen molar-refractivity contribution in [3.05, 3.63) is 36.2 Å². The smallest absolute Gasteiger partial charge is 0.305 e. The lowest BCUT2D eigenvalue weighted by atomic mass is 10.2. The first-order chi connectivity index (χ1) is 10.1. The fraction of sp³-hybridized carbons (Fsp3) is 0.267. The number of aromatic nitrogens is 4. The molecule has 0 aliphatic rings. The molecule has 0 spiro atoms. The molecule has 6 nitrogen and oxygen atoms in total. The number of aliphatic carboxylic acids is 1. The summed E-state index contributed by atoms with van der Waals surface area (Å²) in [6.07, 6.45) is 1.83. The van der Waals surface area contributed by atoms with Crippen molar-refractivity contribution < 1.29 is 9.90 Å². The van der Waals surface area contributed by atoms with Gasteiger partial charge in [0.2, 0.25) is 0 Å². The highest BCUT2D eigenvalue weighted by atomic mass is 16.4. The SMILES string of the molecule is Cc1c(-c2nc3ccccc3n2CCC(=O)O)cnn1C. The van der Waals surface area contributed by atoms with Crippen molar-refractivity contribution in [3.8, 4) is 11.4 Å². The second kappa shape index (κ2) is 5.05. The van der Waals surface area contributed by atoms with Gasteiger partial charge in [-0.2, -0.15) is 5.10 Å². The van der Waals surface area contributed by atoms with E-state index in [1.165, 1.54) is 0 Å². The summed E-state index contributed by atoms with van der Waals surface area (Å²) in [4.78, 5) is 15.6. The molecule has 0 bridgehead atoms. The van der Waals surface area contributed by atoms with Gasteiger partial charge in [0.05, 0.1) is 29.2 Å². The molecule has 0 radical (unpaired) electrons. The summed E-state index contributed by atoms with van der Waals surface area (Å²) in [6.45, 7) is 2.36. The molecule has 2 aromatic heterocycles. The lowest BCUT2D eigenvalue weighted by Crippen LogP contribution is -2.06. The first kappa shape index (κ1) is 13.4. The van der Waals surface area contributed by atoms with E-state index in [2.05, 4.69) is 10.1 Å². The minimum absolute atomic E-state index is 0.0622. The Bertz CT molecular complexity index is 816. The number of fused-ring (bicyclic) bond motifs is 1. The number of hydrogen-bond acceptors (Lipinski definition) is 3. The summed E-state index contributed by atoms with van der Waals surface area (Å²) in [5, 5.41) is 13.2. The summed E-state index contributed by atoms with van der Waals surface area (Å²) in [5.74, 6) is -0.0512. The average molecular weight is 284 g/mol.